The molecule has 18 heavy (non-hydrogen) atoms. The minimum Gasteiger partial charge on any atom is -0.392 e. The Bertz CT molecular complexity index is 477. The van der Waals surface area contributed by atoms with Gasteiger partial charge in [0, 0.05) is 13.6 Å². The second-order valence-corrected chi connectivity index (χ2v) is 6.90. The molecule has 0 aliphatic heterocycles. The Morgan fingerprint density at radius 1 is 1.17 bits per heavy atom. The van der Waals surface area contributed by atoms with Crippen LogP contribution in [-0.4, -0.2) is 37.5 Å². The lowest BCUT2D eigenvalue weighted by molar-refractivity contribution is 0.171. The van der Waals surface area contributed by atoms with Crippen LogP contribution in [0.25, 0.3) is 0 Å². The van der Waals surface area contributed by atoms with Crippen molar-refractivity contribution in [1.29, 1.82) is 0 Å². The molecule has 0 aromatic heterocycles. The first-order chi connectivity index (χ1) is 8.25. The Kier molecular flexibility index (Phi) is 4.90. The van der Waals surface area contributed by atoms with Gasteiger partial charge in [-0.3, -0.25) is 0 Å². The number of nitrogens with zero attached hydrogens (tertiary/aromatic N) is 1. The molecule has 102 valence electrons. The quantitative estimate of drug-likeness (QED) is 0.888. The average molecular weight is 271 g/mol. The zero-order valence-electron chi connectivity index (χ0n) is 11.3. The van der Waals surface area contributed by atoms with Gasteiger partial charge in [0.25, 0.3) is 0 Å². The lowest BCUT2D eigenvalue weighted by Gasteiger charge is -2.19. The van der Waals surface area contributed by atoms with Gasteiger partial charge >= 0.3 is 0 Å². The van der Waals surface area contributed by atoms with Crippen molar-refractivity contribution in [3.8, 4) is 0 Å². The van der Waals surface area contributed by atoms with Crippen LogP contribution in [0.1, 0.15) is 32.3 Å². The molecule has 0 radical (unpaired) electrons. The highest BCUT2D eigenvalue weighted by molar-refractivity contribution is 7.89. The molecule has 0 aliphatic rings. The second-order valence-electron chi connectivity index (χ2n) is 4.86. The second kappa shape index (κ2) is 5.82. The summed E-state index contributed by atoms with van der Waals surface area (Å²) >= 11 is 0. The van der Waals surface area contributed by atoms with Crippen LogP contribution >= 0.6 is 0 Å². The third-order valence-corrected chi connectivity index (χ3v) is 4.61. The topological polar surface area (TPSA) is 57.6 Å². The fraction of sp³-hybridized carbons (Fsp3) is 0.538. The lowest BCUT2D eigenvalue weighted by Crippen LogP contribution is -2.33. The van der Waals surface area contributed by atoms with E-state index >= 15 is 0 Å². The molecule has 0 aliphatic carbocycles. The maximum atomic E-state index is 12.2. The largest absolute Gasteiger partial charge is 0.392 e. The highest BCUT2D eigenvalue weighted by Crippen LogP contribution is 2.19. The highest BCUT2D eigenvalue weighted by atomic mass is 32.2. The van der Waals surface area contributed by atoms with Gasteiger partial charge in [0.15, 0.2) is 0 Å². The number of hydrogen-bond acceptors (Lipinski definition) is 3. The van der Waals surface area contributed by atoms with Gasteiger partial charge in [0.05, 0.1) is 11.0 Å². The van der Waals surface area contributed by atoms with Crippen LogP contribution < -0.4 is 0 Å². The van der Waals surface area contributed by atoms with E-state index in [1.54, 1.807) is 19.1 Å². The predicted molar refractivity (Wildman–Crippen MR) is 72.0 cm³/mol. The fourth-order valence-corrected chi connectivity index (χ4v) is 2.93. The summed E-state index contributed by atoms with van der Waals surface area (Å²) in [5, 5.41) is 9.24. The van der Waals surface area contributed by atoms with Gasteiger partial charge in [0.1, 0.15) is 0 Å². The first-order valence-electron chi connectivity index (χ1n) is 5.99. The van der Waals surface area contributed by atoms with Crippen LogP contribution in [0.5, 0.6) is 0 Å². The first-order valence-corrected chi connectivity index (χ1v) is 7.43. The van der Waals surface area contributed by atoms with Gasteiger partial charge in [0.2, 0.25) is 10.0 Å². The Hall–Kier alpha value is -0.910. The number of hydrogen-bond donors (Lipinski definition) is 1. The Morgan fingerprint density at radius 3 is 2.06 bits per heavy atom. The molecule has 0 amide bonds. The number of aliphatic hydroxyl groups excluding tert-OH is 1. The van der Waals surface area contributed by atoms with Crippen molar-refractivity contribution < 1.29 is 13.5 Å². The molecule has 0 bridgehead atoms. The smallest absolute Gasteiger partial charge is 0.242 e. The van der Waals surface area contributed by atoms with E-state index in [0.29, 0.717) is 5.92 Å². The third kappa shape index (κ3) is 3.54. The van der Waals surface area contributed by atoms with E-state index in [0.717, 1.165) is 5.56 Å². The molecule has 0 saturated carbocycles. The van der Waals surface area contributed by atoms with E-state index in [1.807, 2.05) is 12.1 Å². The van der Waals surface area contributed by atoms with Crippen LogP contribution in [0.3, 0.4) is 0 Å². The maximum absolute atomic E-state index is 12.2. The van der Waals surface area contributed by atoms with Crippen molar-refractivity contribution in [2.75, 3.05) is 13.6 Å². The van der Waals surface area contributed by atoms with Crippen LogP contribution in [0.2, 0.25) is 0 Å². The van der Waals surface area contributed by atoms with Gasteiger partial charge in [-0.25, -0.2) is 8.42 Å². The van der Waals surface area contributed by atoms with E-state index in [1.165, 1.54) is 11.4 Å². The third-order valence-electron chi connectivity index (χ3n) is 2.78. The van der Waals surface area contributed by atoms with Crippen molar-refractivity contribution >= 4 is 10.0 Å². The Balaban J connectivity index is 2.98. The van der Waals surface area contributed by atoms with Crippen molar-refractivity contribution in [3.05, 3.63) is 29.8 Å². The maximum Gasteiger partial charge on any atom is 0.242 e. The normalized spacial score (nSPS) is 14.2. The summed E-state index contributed by atoms with van der Waals surface area (Å²) in [4.78, 5) is 0.259. The Labute approximate surface area is 109 Å². The molecule has 1 atom stereocenters. The summed E-state index contributed by atoms with van der Waals surface area (Å²) in [5.74, 6) is 0.372. The molecule has 0 heterocycles. The number of likely N-dealkylation sites (N-methyl/N-ethyl adjacent to an activating group) is 1. The number of sulfonamides is 1. The van der Waals surface area contributed by atoms with E-state index in [9.17, 15) is 13.5 Å². The van der Waals surface area contributed by atoms with Crippen LogP contribution in [0, 0.1) is 0 Å². The summed E-state index contributed by atoms with van der Waals surface area (Å²) in [5.41, 5.74) is 1.10. The van der Waals surface area contributed by atoms with E-state index < -0.39 is 16.1 Å². The summed E-state index contributed by atoms with van der Waals surface area (Å²) in [6.07, 6.45) is -0.681. The molecular formula is C13H21NO3S. The van der Waals surface area contributed by atoms with E-state index in [4.69, 9.17) is 0 Å². The summed E-state index contributed by atoms with van der Waals surface area (Å²) in [7, 11) is -2.03. The summed E-state index contributed by atoms with van der Waals surface area (Å²) in [6.45, 7) is 5.77. The number of rotatable bonds is 5. The minimum atomic E-state index is -3.50. The predicted octanol–water partition coefficient (Wildman–Crippen LogP) is 1.81. The van der Waals surface area contributed by atoms with E-state index in [-0.39, 0.29) is 11.4 Å². The first kappa shape index (κ1) is 15.1. The average Bonchev–Trinajstić information content (AvgIpc) is 2.28. The lowest BCUT2D eigenvalue weighted by atomic mass is 10.0. The molecule has 1 aromatic rings. The van der Waals surface area contributed by atoms with Crippen molar-refractivity contribution in [2.24, 2.45) is 0 Å². The van der Waals surface area contributed by atoms with Crippen LogP contribution in [0.4, 0.5) is 0 Å². The van der Waals surface area contributed by atoms with Gasteiger partial charge in [-0.15, -0.1) is 0 Å². The monoisotopic (exact) mass is 271 g/mol. The molecule has 4 nitrogen and oxygen atoms in total. The van der Waals surface area contributed by atoms with Gasteiger partial charge in [-0.05, 0) is 30.5 Å². The highest BCUT2D eigenvalue weighted by Gasteiger charge is 2.21. The van der Waals surface area contributed by atoms with Crippen molar-refractivity contribution in [3.63, 3.8) is 0 Å². The molecule has 5 heteroatoms. The number of benzene rings is 1. The Morgan fingerprint density at radius 2 is 1.67 bits per heavy atom. The fourth-order valence-electron chi connectivity index (χ4n) is 1.67. The molecule has 1 aromatic carbocycles. The molecule has 0 fully saturated rings. The molecular weight excluding hydrogens is 250 g/mol. The molecule has 0 saturated heterocycles. The minimum absolute atomic E-state index is 0.0915. The zero-order valence-corrected chi connectivity index (χ0v) is 12.1. The number of aliphatic hydroxyl groups is 1. The summed E-state index contributed by atoms with van der Waals surface area (Å²) < 4.78 is 25.5. The van der Waals surface area contributed by atoms with Crippen molar-refractivity contribution in [2.45, 2.75) is 37.7 Å². The molecule has 1 rings (SSSR count). The van der Waals surface area contributed by atoms with Gasteiger partial charge in [-0.2, -0.15) is 4.31 Å². The van der Waals surface area contributed by atoms with Crippen LogP contribution in [0.15, 0.2) is 29.2 Å². The molecule has 1 N–H and O–H groups in total. The zero-order chi connectivity index (χ0) is 13.9. The SMILES string of the molecule is CC(O)CN(C)S(=O)(=O)c1ccc(C(C)C)cc1. The van der Waals surface area contributed by atoms with Crippen LogP contribution in [-0.2, 0) is 10.0 Å². The van der Waals surface area contributed by atoms with Gasteiger partial charge in [-0.1, -0.05) is 26.0 Å². The standard InChI is InChI=1S/C13H21NO3S/c1-10(2)12-5-7-13(8-6-12)18(16,17)14(4)9-11(3)15/h5-8,10-11,15H,9H2,1-4H3. The molecule has 0 spiro atoms. The van der Waals surface area contributed by atoms with Gasteiger partial charge < -0.3 is 5.11 Å². The van der Waals surface area contributed by atoms with E-state index in [2.05, 4.69) is 13.8 Å². The molecule has 1 unspecified atom stereocenters. The van der Waals surface area contributed by atoms with Crippen molar-refractivity contribution in [1.82, 2.24) is 4.31 Å². The summed E-state index contributed by atoms with van der Waals surface area (Å²) in [6, 6.07) is 6.88.